The molecular weight excluding hydrogens is 356 g/mol. The molecule has 0 aliphatic heterocycles. The van der Waals surface area contributed by atoms with Crippen molar-refractivity contribution in [1.29, 1.82) is 0 Å². The van der Waals surface area contributed by atoms with Crippen molar-refractivity contribution < 1.29 is 13.2 Å². The minimum Gasteiger partial charge on any atom is -0.324 e. The molecule has 1 amide bonds. The number of rotatable bonds is 4. The van der Waals surface area contributed by atoms with Gasteiger partial charge in [-0.2, -0.15) is 8.42 Å². The molecule has 0 bridgehead atoms. The molecule has 0 aromatic carbocycles. The number of hydrogen-bond acceptors (Lipinski definition) is 6. The van der Waals surface area contributed by atoms with Gasteiger partial charge in [-0.1, -0.05) is 36.1 Å². The standard InChI is InChI=1S/C13H17ClN6O3S/c1-19-8-15-13(11(19)14)24(22,23)17-12(21)10-7-20(18-16-10)9-5-3-2-4-6-9/h7-9H,2-6H2,1H3,(H,17,21). The topological polar surface area (TPSA) is 112 Å². The van der Waals surface area contributed by atoms with E-state index in [1.165, 1.54) is 23.5 Å². The lowest BCUT2D eigenvalue weighted by Gasteiger charge is -2.20. The van der Waals surface area contributed by atoms with Gasteiger partial charge in [-0.15, -0.1) is 5.10 Å². The first-order chi connectivity index (χ1) is 11.4. The van der Waals surface area contributed by atoms with Crippen LogP contribution in [0.3, 0.4) is 0 Å². The molecule has 130 valence electrons. The van der Waals surface area contributed by atoms with Gasteiger partial charge in [0.25, 0.3) is 15.9 Å². The second-order valence-corrected chi connectivity index (χ2v) is 7.72. The fourth-order valence-corrected chi connectivity index (χ4v) is 4.10. The van der Waals surface area contributed by atoms with Crippen molar-refractivity contribution in [2.45, 2.75) is 43.2 Å². The van der Waals surface area contributed by atoms with Crippen molar-refractivity contribution in [3.8, 4) is 0 Å². The SMILES string of the molecule is Cn1cnc(S(=O)(=O)NC(=O)c2cn(C3CCCCC3)nn2)c1Cl. The maximum absolute atomic E-state index is 12.2. The Kier molecular flexibility index (Phi) is 4.59. The van der Waals surface area contributed by atoms with Gasteiger partial charge in [0.05, 0.1) is 18.6 Å². The molecule has 0 saturated heterocycles. The van der Waals surface area contributed by atoms with Gasteiger partial charge in [-0.05, 0) is 12.8 Å². The first-order valence-corrected chi connectivity index (χ1v) is 9.40. The van der Waals surface area contributed by atoms with E-state index in [2.05, 4.69) is 15.3 Å². The lowest BCUT2D eigenvalue weighted by molar-refractivity contribution is 0.0976. The highest BCUT2D eigenvalue weighted by Crippen LogP contribution is 2.27. The van der Waals surface area contributed by atoms with Crippen LogP contribution in [0.15, 0.2) is 17.6 Å². The van der Waals surface area contributed by atoms with Crippen LogP contribution in [0, 0.1) is 0 Å². The number of aryl methyl sites for hydroxylation is 1. The van der Waals surface area contributed by atoms with Crippen LogP contribution in [0.25, 0.3) is 0 Å². The fourth-order valence-electron chi connectivity index (χ4n) is 2.70. The van der Waals surface area contributed by atoms with E-state index in [4.69, 9.17) is 11.6 Å². The first kappa shape index (κ1) is 16.9. The highest BCUT2D eigenvalue weighted by molar-refractivity contribution is 7.90. The largest absolute Gasteiger partial charge is 0.324 e. The predicted octanol–water partition coefficient (Wildman–Crippen LogP) is 1.29. The van der Waals surface area contributed by atoms with E-state index < -0.39 is 21.0 Å². The van der Waals surface area contributed by atoms with Gasteiger partial charge in [-0.25, -0.2) is 14.4 Å². The molecule has 0 spiro atoms. The first-order valence-electron chi connectivity index (χ1n) is 7.54. The Hall–Kier alpha value is -1.94. The highest BCUT2D eigenvalue weighted by Gasteiger charge is 2.27. The van der Waals surface area contributed by atoms with Crippen LogP contribution in [-0.2, 0) is 17.1 Å². The maximum Gasteiger partial charge on any atom is 0.287 e. The van der Waals surface area contributed by atoms with Crippen molar-refractivity contribution in [2.24, 2.45) is 7.05 Å². The van der Waals surface area contributed by atoms with Gasteiger partial charge in [-0.3, -0.25) is 4.79 Å². The van der Waals surface area contributed by atoms with Crippen LogP contribution < -0.4 is 4.72 Å². The molecule has 1 aliphatic rings. The number of nitrogens with one attached hydrogen (secondary N) is 1. The van der Waals surface area contributed by atoms with Crippen molar-refractivity contribution >= 4 is 27.5 Å². The molecule has 3 rings (SSSR count). The Labute approximate surface area is 144 Å². The van der Waals surface area contributed by atoms with E-state index >= 15 is 0 Å². The second-order valence-electron chi connectivity index (χ2n) is 5.76. The zero-order valence-electron chi connectivity index (χ0n) is 13.0. The average Bonchev–Trinajstić information content (AvgIpc) is 3.16. The molecule has 2 heterocycles. The number of hydrogen-bond donors (Lipinski definition) is 1. The summed E-state index contributed by atoms with van der Waals surface area (Å²) in [7, 11) is -2.63. The van der Waals surface area contributed by atoms with Crippen LogP contribution >= 0.6 is 11.6 Å². The molecule has 24 heavy (non-hydrogen) atoms. The molecule has 0 unspecified atom stereocenters. The number of amides is 1. The van der Waals surface area contributed by atoms with Crippen LogP contribution in [0.5, 0.6) is 0 Å². The summed E-state index contributed by atoms with van der Waals surface area (Å²) in [5, 5.41) is 7.24. The molecule has 1 saturated carbocycles. The summed E-state index contributed by atoms with van der Waals surface area (Å²) >= 11 is 5.87. The molecule has 0 radical (unpaired) electrons. The van der Waals surface area contributed by atoms with Gasteiger partial charge >= 0.3 is 0 Å². The quantitative estimate of drug-likeness (QED) is 0.865. The third kappa shape index (κ3) is 3.29. The van der Waals surface area contributed by atoms with Crippen LogP contribution in [0.4, 0.5) is 0 Å². The Balaban J connectivity index is 1.75. The Morgan fingerprint density at radius 2 is 2.04 bits per heavy atom. The Bertz CT molecular complexity index is 853. The summed E-state index contributed by atoms with van der Waals surface area (Å²) in [6.45, 7) is 0. The van der Waals surface area contributed by atoms with E-state index in [-0.39, 0.29) is 16.9 Å². The van der Waals surface area contributed by atoms with Crippen molar-refractivity contribution in [2.75, 3.05) is 0 Å². The molecule has 2 aromatic rings. The Morgan fingerprint density at radius 1 is 1.33 bits per heavy atom. The minimum atomic E-state index is -4.17. The number of aromatic nitrogens is 5. The third-order valence-corrected chi connectivity index (χ3v) is 5.83. The summed E-state index contributed by atoms with van der Waals surface area (Å²) < 4.78 is 29.3. The van der Waals surface area contributed by atoms with Gasteiger partial charge in [0.2, 0.25) is 5.03 Å². The smallest absolute Gasteiger partial charge is 0.287 e. The summed E-state index contributed by atoms with van der Waals surface area (Å²) in [5.74, 6) is -0.862. The predicted molar refractivity (Wildman–Crippen MR) is 85.0 cm³/mol. The van der Waals surface area contributed by atoms with Crippen molar-refractivity contribution in [3.05, 3.63) is 23.4 Å². The summed E-state index contributed by atoms with van der Waals surface area (Å²) in [4.78, 5) is 15.9. The number of halogens is 1. The molecule has 0 atom stereocenters. The van der Waals surface area contributed by atoms with Gasteiger partial charge < -0.3 is 4.57 Å². The third-order valence-electron chi connectivity index (χ3n) is 4.01. The minimum absolute atomic E-state index is 0.0591. The highest BCUT2D eigenvalue weighted by atomic mass is 35.5. The number of nitrogens with zero attached hydrogens (tertiary/aromatic N) is 5. The second kappa shape index (κ2) is 6.52. The molecule has 1 aliphatic carbocycles. The van der Waals surface area contributed by atoms with Crippen LogP contribution in [0.2, 0.25) is 5.15 Å². The summed E-state index contributed by atoms with van der Waals surface area (Å²) in [5.41, 5.74) is -0.0591. The van der Waals surface area contributed by atoms with Crippen LogP contribution in [0.1, 0.15) is 48.6 Å². The number of sulfonamides is 1. The summed E-state index contributed by atoms with van der Waals surface area (Å²) in [6, 6.07) is 0.203. The average molecular weight is 373 g/mol. The van der Waals surface area contributed by atoms with E-state index in [1.807, 2.05) is 4.72 Å². The van der Waals surface area contributed by atoms with Crippen molar-refractivity contribution in [1.82, 2.24) is 29.3 Å². The molecule has 2 aromatic heterocycles. The normalized spacial score (nSPS) is 16.2. The van der Waals surface area contributed by atoms with E-state index in [0.29, 0.717) is 0 Å². The maximum atomic E-state index is 12.2. The number of carbonyl (C=O) groups excluding carboxylic acids is 1. The molecule has 11 heteroatoms. The molecule has 1 N–H and O–H groups in total. The number of imidazole rings is 1. The zero-order valence-corrected chi connectivity index (χ0v) is 14.6. The summed E-state index contributed by atoms with van der Waals surface area (Å²) in [6.07, 6.45) is 8.10. The van der Waals surface area contributed by atoms with Gasteiger partial charge in [0.1, 0.15) is 5.15 Å². The monoisotopic (exact) mass is 372 g/mol. The fraction of sp³-hybridized carbons (Fsp3) is 0.538. The molecule has 9 nitrogen and oxygen atoms in total. The van der Waals surface area contributed by atoms with Crippen LogP contribution in [-0.4, -0.2) is 38.9 Å². The van der Waals surface area contributed by atoms with Gasteiger partial charge in [0, 0.05) is 7.05 Å². The van der Waals surface area contributed by atoms with Gasteiger partial charge in [0.15, 0.2) is 5.69 Å². The zero-order chi connectivity index (χ0) is 17.3. The lowest BCUT2D eigenvalue weighted by atomic mass is 9.96. The number of carbonyl (C=O) groups is 1. The Morgan fingerprint density at radius 3 is 2.67 bits per heavy atom. The van der Waals surface area contributed by atoms with E-state index in [9.17, 15) is 13.2 Å². The van der Waals surface area contributed by atoms with Crippen molar-refractivity contribution in [3.63, 3.8) is 0 Å². The van der Waals surface area contributed by atoms with E-state index in [1.54, 1.807) is 11.7 Å². The molecular formula is C13H17ClN6O3S. The lowest BCUT2D eigenvalue weighted by Crippen LogP contribution is -2.31. The molecule has 1 fully saturated rings. The van der Waals surface area contributed by atoms with E-state index in [0.717, 1.165) is 25.7 Å².